The smallest absolute Gasteiger partial charge is 0.338 e. The number of carbonyl (C=O) groups excluding carboxylic acids is 1. The van der Waals surface area contributed by atoms with Crippen molar-refractivity contribution in [2.45, 2.75) is 6.61 Å². The van der Waals surface area contributed by atoms with Gasteiger partial charge in [0.2, 0.25) is 0 Å². The molecule has 0 amide bonds. The SMILES string of the molecule is Cn1cc(-c2nc(COC(=O)c3ccc(Cl)c(N)c3)cs2)cn1. The average Bonchev–Trinajstić information content (AvgIpc) is 3.16. The maximum Gasteiger partial charge on any atom is 0.338 e. The number of nitrogens with zero attached hydrogens (tertiary/aromatic N) is 3. The molecule has 0 aliphatic heterocycles. The van der Waals surface area contributed by atoms with E-state index in [1.165, 1.54) is 17.4 Å². The van der Waals surface area contributed by atoms with Gasteiger partial charge in [-0.3, -0.25) is 4.68 Å². The van der Waals surface area contributed by atoms with E-state index in [1.807, 2.05) is 18.6 Å². The third-order valence-electron chi connectivity index (χ3n) is 3.09. The van der Waals surface area contributed by atoms with Gasteiger partial charge in [0, 0.05) is 24.2 Å². The molecule has 2 N–H and O–H groups in total. The number of hydrogen-bond donors (Lipinski definition) is 1. The van der Waals surface area contributed by atoms with Gasteiger partial charge in [0.1, 0.15) is 11.6 Å². The van der Waals surface area contributed by atoms with Crippen molar-refractivity contribution in [3.05, 3.63) is 52.3 Å². The molecule has 0 radical (unpaired) electrons. The van der Waals surface area contributed by atoms with Crippen molar-refractivity contribution in [3.8, 4) is 10.6 Å². The summed E-state index contributed by atoms with van der Waals surface area (Å²) in [5, 5.41) is 7.20. The number of nitrogens with two attached hydrogens (primary N) is 1. The van der Waals surface area contributed by atoms with Crippen LogP contribution in [0.5, 0.6) is 0 Å². The van der Waals surface area contributed by atoms with E-state index in [0.29, 0.717) is 22.0 Å². The number of halogens is 1. The van der Waals surface area contributed by atoms with Crippen LogP contribution in [-0.2, 0) is 18.4 Å². The highest BCUT2D eigenvalue weighted by atomic mass is 35.5. The third-order valence-corrected chi connectivity index (χ3v) is 4.37. The maximum atomic E-state index is 12.0. The van der Waals surface area contributed by atoms with Crippen LogP contribution in [0.2, 0.25) is 5.02 Å². The Labute approximate surface area is 141 Å². The molecule has 118 valence electrons. The van der Waals surface area contributed by atoms with Gasteiger partial charge in [-0.25, -0.2) is 9.78 Å². The largest absolute Gasteiger partial charge is 0.456 e. The molecule has 0 spiro atoms. The number of thiazole rings is 1. The molecule has 3 aromatic rings. The number of carbonyl (C=O) groups is 1. The maximum absolute atomic E-state index is 12.0. The highest BCUT2D eigenvalue weighted by Gasteiger charge is 2.11. The lowest BCUT2D eigenvalue weighted by atomic mass is 10.2. The van der Waals surface area contributed by atoms with Crippen LogP contribution in [0, 0.1) is 0 Å². The lowest BCUT2D eigenvalue weighted by Gasteiger charge is -2.04. The first-order valence-electron chi connectivity index (χ1n) is 6.68. The molecule has 0 saturated carbocycles. The van der Waals surface area contributed by atoms with Gasteiger partial charge in [-0.1, -0.05) is 11.6 Å². The number of anilines is 1. The van der Waals surface area contributed by atoms with Crippen molar-refractivity contribution < 1.29 is 9.53 Å². The second kappa shape index (κ2) is 6.39. The van der Waals surface area contributed by atoms with E-state index < -0.39 is 5.97 Å². The van der Waals surface area contributed by atoms with Gasteiger partial charge in [0.05, 0.1) is 28.2 Å². The number of ether oxygens (including phenoxy) is 1. The minimum atomic E-state index is -0.468. The van der Waals surface area contributed by atoms with Gasteiger partial charge < -0.3 is 10.5 Å². The molecule has 2 heterocycles. The van der Waals surface area contributed by atoms with Crippen LogP contribution in [0.1, 0.15) is 16.1 Å². The van der Waals surface area contributed by atoms with Crippen molar-refractivity contribution in [1.29, 1.82) is 0 Å². The number of benzene rings is 1. The Hall–Kier alpha value is -2.38. The van der Waals surface area contributed by atoms with E-state index in [4.69, 9.17) is 22.1 Å². The number of esters is 1. The monoisotopic (exact) mass is 348 g/mol. The average molecular weight is 349 g/mol. The van der Waals surface area contributed by atoms with E-state index in [1.54, 1.807) is 23.0 Å². The molecule has 8 heteroatoms. The summed E-state index contributed by atoms with van der Waals surface area (Å²) in [5.74, 6) is -0.468. The van der Waals surface area contributed by atoms with Crippen LogP contribution < -0.4 is 5.73 Å². The topological polar surface area (TPSA) is 83.0 Å². The Morgan fingerprint density at radius 2 is 2.30 bits per heavy atom. The Morgan fingerprint density at radius 3 is 3.00 bits per heavy atom. The first-order chi connectivity index (χ1) is 11.0. The Bertz CT molecular complexity index is 859. The summed E-state index contributed by atoms with van der Waals surface area (Å²) >= 11 is 7.30. The van der Waals surface area contributed by atoms with E-state index in [-0.39, 0.29) is 6.61 Å². The second-order valence-electron chi connectivity index (χ2n) is 4.86. The molecule has 23 heavy (non-hydrogen) atoms. The predicted octanol–water partition coefficient (Wildman–Crippen LogP) is 3.14. The van der Waals surface area contributed by atoms with Crippen LogP contribution >= 0.6 is 22.9 Å². The summed E-state index contributed by atoms with van der Waals surface area (Å²) in [5.41, 5.74) is 7.99. The molecule has 0 saturated heterocycles. The van der Waals surface area contributed by atoms with E-state index in [0.717, 1.165) is 10.6 Å². The fourth-order valence-electron chi connectivity index (χ4n) is 1.93. The Kier molecular flexibility index (Phi) is 4.31. The van der Waals surface area contributed by atoms with Gasteiger partial charge >= 0.3 is 5.97 Å². The van der Waals surface area contributed by atoms with E-state index in [2.05, 4.69) is 10.1 Å². The number of aryl methyl sites for hydroxylation is 1. The summed E-state index contributed by atoms with van der Waals surface area (Å²) in [6.45, 7) is 0.0954. The fraction of sp³-hybridized carbons (Fsp3) is 0.133. The lowest BCUT2D eigenvalue weighted by molar-refractivity contribution is 0.0468. The van der Waals surface area contributed by atoms with Crippen LogP contribution in [0.25, 0.3) is 10.6 Å². The van der Waals surface area contributed by atoms with Gasteiger partial charge in [-0.15, -0.1) is 11.3 Å². The summed E-state index contributed by atoms with van der Waals surface area (Å²) in [4.78, 5) is 16.4. The summed E-state index contributed by atoms with van der Waals surface area (Å²) in [7, 11) is 1.84. The summed E-state index contributed by atoms with van der Waals surface area (Å²) < 4.78 is 6.96. The molecular weight excluding hydrogens is 336 g/mol. The van der Waals surface area contributed by atoms with Crippen molar-refractivity contribution in [1.82, 2.24) is 14.8 Å². The highest BCUT2D eigenvalue weighted by molar-refractivity contribution is 7.13. The number of hydrogen-bond acceptors (Lipinski definition) is 6. The zero-order chi connectivity index (χ0) is 16.4. The molecule has 1 aromatic carbocycles. The standard InChI is InChI=1S/C15H13ClN4O2S/c1-20-6-10(5-18-20)14-19-11(8-23-14)7-22-15(21)9-2-3-12(16)13(17)4-9/h2-6,8H,7,17H2,1H3. The first-order valence-corrected chi connectivity index (χ1v) is 7.94. The zero-order valence-electron chi connectivity index (χ0n) is 12.2. The number of rotatable bonds is 4. The molecule has 3 rings (SSSR count). The van der Waals surface area contributed by atoms with Crippen LogP contribution in [0.15, 0.2) is 36.0 Å². The molecule has 0 aliphatic rings. The van der Waals surface area contributed by atoms with Crippen molar-refractivity contribution >= 4 is 34.6 Å². The first kappa shape index (κ1) is 15.5. The molecule has 0 aliphatic carbocycles. The van der Waals surface area contributed by atoms with E-state index >= 15 is 0 Å². The van der Waals surface area contributed by atoms with E-state index in [9.17, 15) is 4.79 Å². The Morgan fingerprint density at radius 1 is 1.48 bits per heavy atom. The fourth-order valence-corrected chi connectivity index (χ4v) is 2.83. The predicted molar refractivity (Wildman–Crippen MR) is 89.3 cm³/mol. The van der Waals surface area contributed by atoms with Crippen LogP contribution in [-0.4, -0.2) is 20.7 Å². The molecule has 0 atom stereocenters. The molecule has 6 nitrogen and oxygen atoms in total. The minimum absolute atomic E-state index is 0.0954. The van der Waals surface area contributed by atoms with Gasteiger partial charge in [0.25, 0.3) is 0 Å². The molecule has 0 bridgehead atoms. The van der Waals surface area contributed by atoms with Crippen molar-refractivity contribution in [2.75, 3.05) is 5.73 Å². The number of nitrogen functional groups attached to an aromatic ring is 1. The molecule has 2 aromatic heterocycles. The quantitative estimate of drug-likeness (QED) is 0.578. The normalized spacial score (nSPS) is 10.7. The second-order valence-corrected chi connectivity index (χ2v) is 6.12. The molecule has 0 unspecified atom stereocenters. The van der Waals surface area contributed by atoms with Crippen LogP contribution in [0.4, 0.5) is 5.69 Å². The van der Waals surface area contributed by atoms with Crippen molar-refractivity contribution in [3.63, 3.8) is 0 Å². The summed E-state index contributed by atoms with van der Waals surface area (Å²) in [6.07, 6.45) is 3.62. The van der Waals surface area contributed by atoms with Crippen molar-refractivity contribution in [2.24, 2.45) is 7.05 Å². The minimum Gasteiger partial charge on any atom is -0.456 e. The summed E-state index contributed by atoms with van der Waals surface area (Å²) in [6, 6.07) is 4.63. The molecular formula is C15H13ClN4O2S. The van der Waals surface area contributed by atoms with Crippen LogP contribution in [0.3, 0.4) is 0 Å². The lowest BCUT2D eigenvalue weighted by Crippen LogP contribution is -2.06. The van der Waals surface area contributed by atoms with Gasteiger partial charge in [-0.2, -0.15) is 5.10 Å². The zero-order valence-corrected chi connectivity index (χ0v) is 13.8. The highest BCUT2D eigenvalue weighted by Crippen LogP contribution is 2.24. The number of aromatic nitrogens is 3. The van der Waals surface area contributed by atoms with Gasteiger partial charge in [0.15, 0.2) is 0 Å². The third kappa shape index (κ3) is 3.52. The molecule has 0 fully saturated rings. The van der Waals surface area contributed by atoms with Gasteiger partial charge in [-0.05, 0) is 18.2 Å². The Balaban J connectivity index is 1.65.